The van der Waals surface area contributed by atoms with Crippen molar-refractivity contribution in [2.24, 2.45) is 0 Å². The largest absolute Gasteiger partial charge is 0.490 e. The van der Waals surface area contributed by atoms with E-state index in [2.05, 4.69) is 0 Å². The Labute approximate surface area is 140 Å². The van der Waals surface area contributed by atoms with Crippen molar-refractivity contribution in [1.82, 2.24) is 0 Å². The minimum Gasteiger partial charge on any atom is -0.490 e. The standard InChI is InChI=1S/C20H18O4/c21-20(23-13-12-22-18-8-2-1-3-9-18)15-24-19-11-10-16-6-4-5-7-17(16)14-19/h1-11,14H,12-13,15H2. The molecule has 0 spiro atoms. The summed E-state index contributed by atoms with van der Waals surface area (Å²) in [7, 11) is 0. The van der Waals surface area contributed by atoms with Gasteiger partial charge in [0.15, 0.2) is 6.61 Å². The normalized spacial score (nSPS) is 10.3. The van der Waals surface area contributed by atoms with E-state index in [1.165, 1.54) is 0 Å². The van der Waals surface area contributed by atoms with Crippen molar-refractivity contribution in [3.05, 3.63) is 72.8 Å². The van der Waals surface area contributed by atoms with Crippen molar-refractivity contribution >= 4 is 16.7 Å². The van der Waals surface area contributed by atoms with Gasteiger partial charge < -0.3 is 14.2 Å². The number of benzene rings is 3. The van der Waals surface area contributed by atoms with Crippen molar-refractivity contribution < 1.29 is 19.0 Å². The summed E-state index contributed by atoms with van der Waals surface area (Å²) < 4.78 is 16.0. The summed E-state index contributed by atoms with van der Waals surface area (Å²) in [6.07, 6.45) is 0. The van der Waals surface area contributed by atoms with Crippen LogP contribution in [0, 0.1) is 0 Å². The summed E-state index contributed by atoms with van der Waals surface area (Å²) in [4.78, 5) is 11.7. The molecule has 0 fully saturated rings. The van der Waals surface area contributed by atoms with Crippen molar-refractivity contribution in [2.75, 3.05) is 19.8 Å². The molecule has 24 heavy (non-hydrogen) atoms. The Morgan fingerprint density at radius 1 is 0.708 bits per heavy atom. The molecule has 3 aromatic carbocycles. The lowest BCUT2D eigenvalue weighted by Gasteiger charge is -2.09. The third-order valence-corrected chi connectivity index (χ3v) is 3.44. The van der Waals surface area contributed by atoms with Gasteiger partial charge in [0.1, 0.15) is 24.7 Å². The number of esters is 1. The molecule has 0 radical (unpaired) electrons. The monoisotopic (exact) mass is 322 g/mol. The molecule has 0 aliphatic carbocycles. The summed E-state index contributed by atoms with van der Waals surface area (Å²) >= 11 is 0. The van der Waals surface area contributed by atoms with Crippen LogP contribution in [0.25, 0.3) is 10.8 Å². The van der Waals surface area contributed by atoms with Crippen LogP contribution in [0.5, 0.6) is 11.5 Å². The third kappa shape index (κ3) is 4.49. The molecule has 0 bridgehead atoms. The molecule has 0 aliphatic heterocycles. The molecule has 3 rings (SSSR count). The highest BCUT2D eigenvalue weighted by molar-refractivity contribution is 5.83. The topological polar surface area (TPSA) is 44.8 Å². The van der Waals surface area contributed by atoms with E-state index in [9.17, 15) is 4.79 Å². The smallest absolute Gasteiger partial charge is 0.344 e. The molecule has 3 aromatic rings. The van der Waals surface area contributed by atoms with Crippen molar-refractivity contribution in [3.63, 3.8) is 0 Å². The highest BCUT2D eigenvalue weighted by Gasteiger charge is 2.05. The van der Waals surface area contributed by atoms with Gasteiger partial charge >= 0.3 is 5.97 Å². The van der Waals surface area contributed by atoms with Crippen LogP contribution in [-0.2, 0) is 9.53 Å². The van der Waals surface area contributed by atoms with Gasteiger partial charge in [0.25, 0.3) is 0 Å². The van der Waals surface area contributed by atoms with Crippen LogP contribution in [0.3, 0.4) is 0 Å². The second-order valence-electron chi connectivity index (χ2n) is 5.18. The fourth-order valence-corrected chi connectivity index (χ4v) is 2.27. The minimum atomic E-state index is -0.417. The second kappa shape index (κ2) is 8.02. The van der Waals surface area contributed by atoms with Gasteiger partial charge in [-0.3, -0.25) is 0 Å². The Morgan fingerprint density at radius 3 is 2.29 bits per heavy atom. The number of ether oxygens (including phenoxy) is 3. The van der Waals surface area contributed by atoms with Crippen LogP contribution < -0.4 is 9.47 Å². The first-order valence-corrected chi connectivity index (χ1v) is 7.76. The number of hydrogen-bond donors (Lipinski definition) is 0. The minimum absolute atomic E-state index is 0.121. The molecule has 0 aromatic heterocycles. The van der Waals surface area contributed by atoms with Crippen LogP contribution in [0.4, 0.5) is 0 Å². The van der Waals surface area contributed by atoms with Gasteiger partial charge in [-0.05, 0) is 35.0 Å². The zero-order chi connectivity index (χ0) is 16.6. The van der Waals surface area contributed by atoms with Crippen molar-refractivity contribution in [2.45, 2.75) is 0 Å². The van der Waals surface area contributed by atoms with Crippen LogP contribution >= 0.6 is 0 Å². The van der Waals surface area contributed by atoms with E-state index in [1.807, 2.05) is 72.8 Å². The predicted molar refractivity (Wildman–Crippen MR) is 92.3 cm³/mol. The third-order valence-electron chi connectivity index (χ3n) is 3.44. The Balaban J connectivity index is 1.40. The summed E-state index contributed by atoms with van der Waals surface area (Å²) in [5, 5.41) is 2.20. The van der Waals surface area contributed by atoms with E-state index in [1.54, 1.807) is 0 Å². The van der Waals surface area contributed by atoms with Crippen molar-refractivity contribution in [1.29, 1.82) is 0 Å². The van der Waals surface area contributed by atoms with E-state index < -0.39 is 5.97 Å². The highest BCUT2D eigenvalue weighted by Crippen LogP contribution is 2.20. The molecule has 0 aliphatic rings. The van der Waals surface area contributed by atoms with Crippen LogP contribution in [0.1, 0.15) is 0 Å². The number of carbonyl (C=O) groups excluding carboxylic acids is 1. The first-order chi connectivity index (χ1) is 11.8. The lowest BCUT2D eigenvalue weighted by Crippen LogP contribution is -2.18. The first-order valence-electron chi connectivity index (χ1n) is 7.76. The van der Waals surface area contributed by atoms with Gasteiger partial charge in [0, 0.05) is 0 Å². The molecule has 0 amide bonds. The first kappa shape index (κ1) is 15.9. The van der Waals surface area contributed by atoms with Crippen LogP contribution in [0.2, 0.25) is 0 Å². The van der Waals surface area contributed by atoms with E-state index in [0.717, 1.165) is 16.5 Å². The molecular weight excluding hydrogens is 304 g/mol. The fraction of sp³-hybridized carbons (Fsp3) is 0.150. The molecule has 4 nitrogen and oxygen atoms in total. The van der Waals surface area contributed by atoms with Crippen LogP contribution in [-0.4, -0.2) is 25.8 Å². The number of hydrogen-bond acceptors (Lipinski definition) is 4. The molecule has 0 atom stereocenters. The number of rotatable bonds is 7. The lowest BCUT2D eigenvalue weighted by molar-refractivity contribution is -0.146. The van der Waals surface area contributed by atoms with E-state index in [-0.39, 0.29) is 13.2 Å². The Hall–Kier alpha value is -3.01. The second-order valence-corrected chi connectivity index (χ2v) is 5.18. The molecule has 4 heteroatoms. The quantitative estimate of drug-likeness (QED) is 0.490. The summed E-state index contributed by atoms with van der Waals surface area (Å²) in [6, 6.07) is 23.1. The molecule has 0 unspecified atom stereocenters. The van der Waals surface area contributed by atoms with Crippen LogP contribution in [0.15, 0.2) is 72.8 Å². The Kier molecular flexibility index (Phi) is 5.30. The molecule has 0 saturated carbocycles. The Morgan fingerprint density at radius 2 is 1.46 bits per heavy atom. The molecule has 0 saturated heterocycles. The van der Waals surface area contributed by atoms with Gasteiger partial charge in [-0.15, -0.1) is 0 Å². The lowest BCUT2D eigenvalue weighted by atomic mass is 10.1. The van der Waals surface area contributed by atoms with Gasteiger partial charge in [0.05, 0.1) is 0 Å². The highest BCUT2D eigenvalue weighted by atomic mass is 16.6. The summed E-state index contributed by atoms with van der Waals surface area (Å²) in [5.41, 5.74) is 0. The van der Waals surface area contributed by atoms with Gasteiger partial charge in [-0.1, -0.05) is 48.5 Å². The summed E-state index contributed by atoms with van der Waals surface area (Å²) in [6.45, 7) is 0.379. The molecular formula is C20H18O4. The SMILES string of the molecule is O=C(COc1ccc2ccccc2c1)OCCOc1ccccc1. The Bertz CT molecular complexity index is 799. The average molecular weight is 322 g/mol. The van der Waals surface area contributed by atoms with Gasteiger partial charge in [0.2, 0.25) is 0 Å². The zero-order valence-electron chi connectivity index (χ0n) is 13.2. The average Bonchev–Trinajstić information content (AvgIpc) is 2.64. The molecule has 0 N–H and O–H groups in total. The number of fused-ring (bicyclic) bond motifs is 1. The van der Waals surface area contributed by atoms with Gasteiger partial charge in [-0.2, -0.15) is 0 Å². The van der Waals surface area contributed by atoms with E-state index >= 15 is 0 Å². The zero-order valence-corrected chi connectivity index (χ0v) is 13.2. The van der Waals surface area contributed by atoms with E-state index in [4.69, 9.17) is 14.2 Å². The van der Waals surface area contributed by atoms with Crippen molar-refractivity contribution in [3.8, 4) is 11.5 Å². The number of carbonyl (C=O) groups is 1. The maximum atomic E-state index is 11.7. The molecule has 122 valence electrons. The maximum absolute atomic E-state index is 11.7. The predicted octanol–water partition coefficient (Wildman–Crippen LogP) is 3.84. The van der Waals surface area contributed by atoms with Gasteiger partial charge in [-0.25, -0.2) is 4.79 Å². The fourth-order valence-electron chi connectivity index (χ4n) is 2.27. The summed E-state index contributed by atoms with van der Waals surface area (Å²) in [5.74, 6) is 0.979. The maximum Gasteiger partial charge on any atom is 0.344 e. The van der Waals surface area contributed by atoms with E-state index in [0.29, 0.717) is 12.4 Å². The molecule has 0 heterocycles. The number of para-hydroxylation sites is 1.